The van der Waals surface area contributed by atoms with Gasteiger partial charge in [0.1, 0.15) is 18.1 Å². The number of nitrogens with two attached hydrogens (primary N) is 1. The molecule has 1 heterocycles. The van der Waals surface area contributed by atoms with Crippen molar-refractivity contribution in [1.82, 2.24) is 15.5 Å². The normalized spacial score (nSPS) is 21.2. The fourth-order valence-electron chi connectivity index (χ4n) is 2.34. The van der Waals surface area contributed by atoms with Crippen LogP contribution in [0.15, 0.2) is 0 Å². The van der Waals surface area contributed by atoms with Crippen LogP contribution in [-0.4, -0.2) is 64.4 Å². The predicted octanol–water partition coefficient (Wildman–Crippen LogP) is -1.58. The Kier molecular flexibility index (Phi) is 6.49. The number of carbonyl (C=O) groups excluding carboxylic acids is 3. The Balaban J connectivity index is 2.62. The number of carboxylic acids is 1. The molecule has 1 saturated heterocycles. The molecule has 9 nitrogen and oxygen atoms in total. The van der Waals surface area contributed by atoms with E-state index in [0.29, 0.717) is 19.4 Å². The molecule has 0 aromatic carbocycles. The molecule has 0 spiro atoms. The summed E-state index contributed by atoms with van der Waals surface area (Å²) in [5.41, 5.74) is 5.57. The number of carboxylic acid groups (broad SMARTS) is 1. The van der Waals surface area contributed by atoms with E-state index in [1.165, 1.54) is 18.7 Å². The predicted molar refractivity (Wildman–Crippen MR) is 81.2 cm³/mol. The van der Waals surface area contributed by atoms with Crippen molar-refractivity contribution in [3.63, 3.8) is 0 Å². The van der Waals surface area contributed by atoms with Gasteiger partial charge in [0.05, 0.1) is 6.04 Å². The molecule has 5 N–H and O–H groups in total. The number of amides is 3. The summed E-state index contributed by atoms with van der Waals surface area (Å²) in [5, 5.41) is 13.5. The molecular weight excluding hydrogens is 304 g/mol. The van der Waals surface area contributed by atoms with Gasteiger partial charge in [-0.3, -0.25) is 19.2 Å². The van der Waals surface area contributed by atoms with Crippen LogP contribution in [0.3, 0.4) is 0 Å². The van der Waals surface area contributed by atoms with Gasteiger partial charge in [-0.1, -0.05) is 0 Å². The van der Waals surface area contributed by atoms with E-state index in [1.54, 1.807) is 6.92 Å². The third-order valence-electron chi connectivity index (χ3n) is 3.71. The molecular formula is C14H24N4O5. The van der Waals surface area contributed by atoms with Gasteiger partial charge in [0.2, 0.25) is 17.7 Å². The summed E-state index contributed by atoms with van der Waals surface area (Å²) in [7, 11) is 0. The van der Waals surface area contributed by atoms with Crippen LogP contribution in [0.1, 0.15) is 33.6 Å². The molecule has 4 atom stereocenters. The molecule has 1 rings (SSSR count). The van der Waals surface area contributed by atoms with Gasteiger partial charge in [-0.15, -0.1) is 0 Å². The molecule has 9 heteroatoms. The van der Waals surface area contributed by atoms with Crippen LogP contribution < -0.4 is 16.4 Å². The number of hydrogen-bond donors (Lipinski definition) is 4. The van der Waals surface area contributed by atoms with Gasteiger partial charge < -0.3 is 26.4 Å². The summed E-state index contributed by atoms with van der Waals surface area (Å²) in [6.07, 6.45) is 1.19. The van der Waals surface area contributed by atoms with Gasteiger partial charge in [0.25, 0.3) is 0 Å². The van der Waals surface area contributed by atoms with E-state index < -0.39 is 42.0 Å². The molecule has 0 aliphatic carbocycles. The summed E-state index contributed by atoms with van der Waals surface area (Å²) in [6, 6.07) is -3.30. The highest BCUT2D eigenvalue weighted by atomic mass is 16.4. The smallest absolute Gasteiger partial charge is 0.325 e. The highest BCUT2D eigenvalue weighted by molar-refractivity contribution is 5.94. The first-order valence-electron chi connectivity index (χ1n) is 7.54. The zero-order chi connectivity index (χ0) is 17.7. The summed E-state index contributed by atoms with van der Waals surface area (Å²) in [5.74, 6) is -2.51. The Morgan fingerprint density at radius 3 is 2.26 bits per heavy atom. The second-order valence-corrected chi connectivity index (χ2v) is 5.78. The second kappa shape index (κ2) is 7.91. The summed E-state index contributed by atoms with van der Waals surface area (Å²) >= 11 is 0. The second-order valence-electron chi connectivity index (χ2n) is 5.78. The van der Waals surface area contributed by atoms with Crippen LogP contribution in [0.25, 0.3) is 0 Å². The van der Waals surface area contributed by atoms with Crippen molar-refractivity contribution in [2.24, 2.45) is 5.73 Å². The van der Waals surface area contributed by atoms with Crippen LogP contribution in [0.2, 0.25) is 0 Å². The molecule has 1 aliphatic rings. The van der Waals surface area contributed by atoms with Crippen molar-refractivity contribution in [3.05, 3.63) is 0 Å². The number of likely N-dealkylation sites (tertiary alicyclic amines) is 1. The monoisotopic (exact) mass is 328 g/mol. The summed E-state index contributed by atoms with van der Waals surface area (Å²) in [6.45, 7) is 4.79. The van der Waals surface area contributed by atoms with E-state index in [2.05, 4.69) is 10.6 Å². The summed E-state index contributed by atoms with van der Waals surface area (Å²) in [4.78, 5) is 48.2. The molecule has 130 valence electrons. The number of nitrogens with one attached hydrogen (secondary N) is 2. The number of nitrogens with zero attached hydrogens (tertiary/aromatic N) is 1. The first-order valence-corrected chi connectivity index (χ1v) is 7.54. The van der Waals surface area contributed by atoms with E-state index in [0.717, 1.165) is 0 Å². The minimum Gasteiger partial charge on any atom is -0.480 e. The minimum atomic E-state index is -1.17. The summed E-state index contributed by atoms with van der Waals surface area (Å²) < 4.78 is 0. The molecule has 23 heavy (non-hydrogen) atoms. The Morgan fingerprint density at radius 1 is 1.13 bits per heavy atom. The average molecular weight is 328 g/mol. The van der Waals surface area contributed by atoms with E-state index >= 15 is 0 Å². The van der Waals surface area contributed by atoms with Gasteiger partial charge in [-0.25, -0.2) is 0 Å². The number of rotatable bonds is 6. The van der Waals surface area contributed by atoms with E-state index in [1.807, 2.05) is 0 Å². The molecule has 4 unspecified atom stereocenters. The van der Waals surface area contributed by atoms with Gasteiger partial charge in [0.15, 0.2) is 0 Å². The molecule has 0 radical (unpaired) electrons. The minimum absolute atomic E-state index is 0.306. The third kappa shape index (κ3) is 4.92. The van der Waals surface area contributed by atoms with Crippen LogP contribution >= 0.6 is 0 Å². The van der Waals surface area contributed by atoms with Crippen LogP contribution in [-0.2, 0) is 19.2 Å². The van der Waals surface area contributed by atoms with Crippen LogP contribution in [0.5, 0.6) is 0 Å². The molecule has 0 aromatic rings. The van der Waals surface area contributed by atoms with E-state index in [-0.39, 0.29) is 5.91 Å². The lowest BCUT2D eigenvalue weighted by Gasteiger charge is -2.26. The molecule has 0 aromatic heterocycles. The van der Waals surface area contributed by atoms with E-state index in [9.17, 15) is 19.2 Å². The molecule has 1 fully saturated rings. The van der Waals surface area contributed by atoms with E-state index in [4.69, 9.17) is 10.8 Å². The van der Waals surface area contributed by atoms with Gasteiger partial charge in [-0.2, -0.15) is 0 Å². The largest absolute Gasteiger partial charge is 0.480 e. The zero-order valence-electron chi connectivity index (χ0n) is 13.5. The Morgan fingerprint density at radius 2 is 1.74 bits per heavy atom. The number of hydrogen-bond acceptors (Lipinski definition) is 5. The van der Waals surface area contributed by atoms with Crippen LogP contribution in [0.4, 0.5) is 0 Å². The highest BCUT2D eigenvalue weighted by Gasteiger charge is 2.36. The first-order chi connectivity index (χ1) is 10.6. The zero-order valence-corrected chi connectivity index (χ0v) is 13.5. The molecule has 1 aliphatic heterocycles. The lowest BCUT2D eigenvalue weighted by molar-refractivity contribution is -0.142. The third-order valence-corrected chi connectivity index (χ3v) is 3.71. The Hall–Kier alpha value is -2.16. The van der Waals surface area contributed by atoms with Crippen molar-refractivity contribution in [2.45, 2.75) is 57.8 Å². The Labute approximate surface area is 134 Å². The lowest BCUT2D eigenvalue weighted by atomic mass is 10.1. The lowest BCUT2D eigenvalue weighted by Crippen LogP contribution is -2.55. The highest BCUT2D eigenvalue weighted by Crippen LogP contribution is 2.18. The maximum atomic E-state index is 12.3. The molecule has 0 saturated carbocycles. The first kappa shape index (κ1) is 18.9. The number of aliphatic carboxylic acids is 1. The van der Waals surface area contributed by atoms with Gasteiger partial charge in [0, 0.05) is 6.54 Å². The topological polar surface area (TPSA) is 142 Å². The van der Waals surface area contributed by atoms with Crippen LogP contribution in [0, 0.1) is 0 Å². The quantitative estimate of drug-likeness (QED) is 0.463. The molecule has 3 amide bonds. The fraction of sp³-hybridized carbons (Fsp3) is 0.714. The van der Waals surface area contributed by atoms with Crippen molar-refractivity contribution >= 4 is 23.7 Å². The SMILES string of the molecule is CC(N)C(=O)N1CCCC1C(=O)NC(C)C(=O)NC(C)C(=O)O. The fourth-order valence-corrected chi connectivity index (χ4v) is 2.34. The van der Waals surface area contributed by atoms with Crippen molar-refractivity contribution < 1.29 is 24.3 Å². The van der Waals surface area contributed by atoms with Crippen molar-refractivity contribution in [3.8, 4) is 0 Å². The molecule has 0 bridgehead atoms. The maximum absolute atomic E-state index is 12.3. The van der Waals surface area contributed by atoms with Crippen molar-refractivity contribution in [2.75, 3.05) is 6.54 Å². The maximum Gasteiger partial charge on any atom is 0.325 e. The average Bonchev–Trinajstić information content (AvgIpc) is 2.95. The standard InChI is InChI=1S/C14H24N4O5/c1-7(15)13(21)18-6-4-5-10(18)12(20)16-8(2)11(19)17-9(3)14(22)23/h7-10H,4-6,15H2,1-3H3,(H,16,20)(H,17,19)(H,22,23). The number of carbonyl (C=O) groups is 4. The van der Waals surface area contributed by atoms with Gasteiger partial charge in [-0.05, 0) is 33.6 Å². The Bertz CT molecular complexity index is 494. The van der Waals surface area contributed by atoms with Crippen molar-refractivity contribution in [1.29, 1.82) is 0 Å². The van der Waals surface area contributed by atoms with Gasteiger partial charge >= 0.3 is 5.97 Å².